The highest BCUT2D eigenvalue weighted by Crippen LogP contribution is 2.50. The molecule has 1 fully saturated rings. The first-order valence-corrected chi connectivity index (χ1v) is 8.28. The lowest BCUT2D eigenvalue weighted by molar-refractivity contribution is -0.143. The summed E-state index contributed by atoms with van der Waals surface area (Å²) in [5.41, 5.74) is -0.475. The van der Waals surface area contributed by atoms with Crippen LogP contribution in [0.2, 0.25) is 0 Å². The highest BCUT2D eigenvalue weighted by molar-refractivity contribution is 5.77. The monoisotopic (exact) mass is 300 g/mol. The minimum Gasteiger partial charge on any atom is -0.481 e. The third-order valence-electron chi connectivity index (χ3n) is 4.87. The molecule has 0 saturated heterocycles. The molecule has 2 N–H and O–H groups in total. The number of carboxylic acids is 1. The molecule has 1 aliphatic carbocycles. The Morgan fingerprint density at radius 1 is 1.19 bits per heavy atom. The van der Waals surface area contributed by atoms with Crippen molar-refractivity contribution in [2.45, 2.75) is 89.8 Å². The summed E-state index contributed by atoms with van der Waals surface area (Å²) >= 11 is 0. The first kappa shape index (κ1) is 18.4. The van der Waals surface area contributed by atoms with E-state index in [9.17, 15) is 9.90 Å². The first-order valence-electron chi connectivity index (χ1n) is 8.28. The lowest BCUT2D eigenvalue weighted by Gasteiger charge is -2.22. The minimum atomic E-state index is -0.635. The normalized spacial score (nSPS) is 18.5. The number of rotatable bonds is 12. The summed E-state index contributed by atoms with van der Waals surface area (Å²) in [6.45, 7) is 4.17. The van der Waals surface area contributed by atoms with Crippen molar-refractivity contribution in [2.24, 2.45) is 5.41 Å². The van der Waals surface area contributed by atoms with Crippen LogP contribution in [0.1, 0.15) is 78.1 Å². The van der Waals surface area contributed by atoms with E-state index in [1.165, 1.54) is 0 Å². The van der Waals surface area contributed by atoms with Crippen molar-refractivity contribution >= 4 is 5.97 Å². The van der Waals surface area contributed by atoms with Crippen LogP contribution in [0.25, 0.3) is 0 Å². The number of hydrogen-bond donors (Lipinski definition) is 2. The molecular weight excluding hydrogens is 268 g/mol. The fourth-order valence-electron chi connectivity index (χ4n) is 2.74. The zero-order chi connectivity index (χ0) is 15.9. The van der Waals surface area contributed by atoms with E-state index in [1.54, 1.807) is 7.11 Å². The predicted molar refractivity (Wildman–Crippen MR) is 83.3 cm³/mol. The van der Waals surface area contributed by atoms with Gasteiger partial charge in [0.15, 0.2) is 0 Å². The molecule has 4 nitrogen and oxygen atoms in total. The van der Waals surface area contributed by atoms with Crippen molar-refractivity contribution in [3.05, 3.63) is 0 Å². The Labute approximate surface area is 128 Å². The Hall–Kier alpha value is -0.610. The van der Waals surface area contributed by atoms with Crippen molar-refractivity contribution < 1.29 is 19.7 Å². The van der Waals surface area contributed by atoms with Crippen LogP contribution in [0.5, 0.6) is 0 Å². The number of carbonyl (C=O) groups is 1. The quantitative estimate of drug-likeness (QED) is 0.539. The molecular formula is C17H32O4. The topological polar surface area (TPSA) is 66.8 Å². The van der Waals surface area contributed by atoms with Gasteiger partial charge in [0.2, 0.25) is 0 Å². The van der Waals surface area contributed by atoms with Crippen molar-refractivity contribution in [3.63, 3.8) is 0 Å². The summed E-state index contributed by atoms with van der Waals surface area (Å²) in [6.07, 6.45) is 8.78. The van der Waals surface area contributed by atoms with Gasteiger partial charge in [-0.1, -0.05) is 25.7 Å². The van der Waals surface area contributed by atoms with Crippen LogP contribution < -0.4 is 0 Å². The van der Waals surface area contributed by atoms with Gasteiger partial charge in [0, 0.05) is 7.11 Å². The second-order valence-corrected chi connectivity index (χ2v) is 7.19. The fraction of sp³-hybridized carbons (Fsp3) is 0.941. The first-order chi connectivity index (χ1) is 9.81. The van der Waals surface area contributed by atoms with Crippen LogP contribution in [0, 0.1) is 5.41 Å². The number of ether oxygens (including phenoxy) is 1. The van der Waals surface area contributed by atoms with E-state index in [-0.39, 0.29) is 11.7 Å². The Balaban J connectivity index is 1.99. The van der Waals surface area contributed by atoms with Crippen LogP contribution in [-0.2, 0) is 9.53 Å². The second kappa shape index (κ2) is 8.14. The Morgan fingerprint density at radius 3 is 2.24 bits per heavy atom. The maximum absolute atomic E-state index is 11.0. The van der Waals surface area contributed by atoms with E-state index in [0.29, 0.717) is 0 Å². The molecule has 0 aliphatic heterocycles. The van der Waals surface area contributed by atoms with Crippen molar-refractivity contribution in [1.82, 2.24) is 0 Å². The van der Waals surface area contributed by atoms with E-state index in [4.69, 9.17) is 9.84 Å². The molecule has 0 heterocycles. The number of methoxy groups -OCH3 is 1. The average Bonchev–Trinajstić information content (AvgIpc) is 3.21. The number of unbranched alkanes of at least 4 members (excludes halogenated alkanes) is 2. The standard InChI is InChI=1S/C17H32O4/c1-16(2,21-3)10-6-4-8-14(18)9-5-7-11-17(12-13-17)15(19)20/h14,18H,4-13H2,1-3H3,(H,19,20). The van der Waals surface area contributed by atoms with Crippen LogP contribution >= 0.6 is 0 Å². The molecule has 0 aromatic heterocycles. The second-order valence-electron chi connectivity index (χ2n) is 7.19. The molecule has 0 aromatic rings. The Kier molecular flexibility index (Phi) is 7.14. The summed E-state index contributed by atoms with van der Waals surface area (Å²) in [5, 5.41) is 19.0. The molecule has 0 bridgehead atoms. The summed E-state index contributed by atoms with van der Waals surface area (Å²) < 4.78 is 5.37. The molecule has 0 radical (unpaired) electrons. The third kappa shape index (κ3) is 6.79. The minimum absolute atomic E-state index is 0.0691. The molecule has 1 rings (SSSR count). The van der Waals surface area contributed by atoms with Gasteiger partial charge in [0.1, 0.15) is 0 Å². The van der Waals surface area contributed by atoms with Gasteiger partial charge in [0.05, 0.1) is 17.1 Å². The van der Waals surface area contributed by atoms with E-state index in [2.05, 4.69) is 13.8 Å². The molecule has 0 aromatic carbocycles. The number of aliphatic carboxylic acids is 1. The molecule has 4 heteroatoms. The van der Waals surface area contributed by atoms with Gasteiger partial charge in [0.25, 0.3) is 0 Å². The van der Waals surface area contributed by atoms with Crippen LogP contribution in [-0.4, -0.2) is 35.0 Å². The molecule has 1 saturated carbocycles. The molecule has 1 atom stereocenters. The van der Waals surface area contributed by atoms with Gasteiger partial charge < -0.3 is 14.9 Å². The zero-order valence-electron chi connectivity index (χ0n) is 13.9. The summed E-state index contributed by atoms with van der Waals surface area (Å²) in [6, 6.07) is 0. The van der Waals surface area contributed by atoms with E-state index >= 15 is 0 Å². The maximum Gasteiger partial charge on any atom is 0.309 e. The van der Waals surface area contributed by atoms with E-state index < -0.39 is 11.4 Å². The number of aliphatic hydroxyl groups excluding tert-OH is 1. The molecule has 1 aliphatic rings. The van der Waals surface area contributed by atoms with E-state index in [0.717, 1.165) is 64.2 Å². The Morgan fingerprint density at radius 2 is 1.76 bits per heavy atom. The van der Waals surface area contributed by atoms with Gasteiger partial charge in [-0.15, -0.1) is 0 Å². The lowest BCUT2D eigenvalue weighted by atomic mass is 9.96. The molecule has 0 spiro atoms. The number of carboxylic acid groups (broad SMARTS) is 1. The van der Waals surface area contributed by atoms with Crippen molar-refractivity contribution in [3.8, 4) is 0 Å². The zero-order valence-corrected chi connectivity index (χ0v) is 13.9. The van der Waals surface area contributed by atoms with Gasteiger partial charge >= 0.3 is 5.97 Å². The van der Waals surface area contributed by atoms with Crippen LogP contribution in [0.4, 0.5) is 0 Å². The van der Waals surface area contributed by atoms with Crippen LogP contribution in [0.15, 0.2) is 0 Å². The molecule has 1 unspecified atom stereocenters. The highest BCUT2D eigenvalue weighted by Gasteiger charge is 2.49. The van der Waals surface area contributed by atoms with Gasteiger partial charge in [-0.2, -0.15) is 0 Å². The summed E-state index contributed by atoms with van der Waals surface area (Å²) in [4.78, 5) is 11.0. The number of aliphatic hydroxyl groups is 1. The van der Waals surface area contributed by atoms with Crippen molar-refractivity contribution in [1.29, 1.82) is 0 Å². The van der Waals surface area contributed by atoms with E-state index in [1.807, 2.05) is 0 Å². The molecule has 124 valence electrons. The van der Waals surface area contributed by atoms with Crippen LogP contribution in [0.3, 0.4) is 0 Å². The summed E-state index contributed by atoms with van der Waals surface area (Å²) in [5.74, 6) is -0.635. The maximum atomic E-state index is 11.0. The van der Waals surface area contributed by atoms with Gasteiger partial charge in [-0.25, -0.2) is 0 Å². The molecule has 0 amide bonds. The SMILES string of the molecule is COC(C)(C)CCCCC(O)CCCCC1(C(=O)O)CC1. The number of hydrogen-bond acceptors (Lipinski definition) is 3. The highest BCUT2D eigenvalue weighted by atomic mass is 16.5. The average molecular weight is 300 g/mol. The third-order valence-corrected chi connectivity index (χ3v) is 4.87. The lowest BCUT2D eigenvalue weighted by Crippen LogP contribution is -2.22. The summed E-state index contributed by atoms with van der Waals surface area (Å²) in [7, 11) is 1.73. The van der Waals surface area contributed by atoms with Gasteiger partial charge in [-0.05, 0) is 52.4 Å². The molecule has 21 heavy (non-hydrogen) atoms. The Bertz CT molecular complexity index is 321. The fourth-order valence-corrected chi connectivity index (χ4v) is 2.74. The van der Waals surface area contributed by atoms with Gasteiger partial charge in [-0.3, -0.25) is 4.79 Å². The van der Waals surface area contributed by atoms with Crippen molar-refractivity contribution in [2.75, 3.05) is 7.11 Å². The smallest absolute Gasteiger partial charge is 0.309 e. The predicted octanol–water partition coefficient (Wildman–Crippen LogP) is 3.76. The largest absolute Gasteiger partial charge is 0.481 e.